The fourth-order valence-corrected chi connectivity index (χ4v) is 3.00. The third kappa shape index (κ3) is 3.62. The number of aromatic nitrogens is 2. The summed E-state index contributed by atoms with van der Waals surface area (Å²) in [5.41, 5.74) is 6.02. The largest absolute Gasteiger partial charge is 0.468 e. The number of ether oxygens (including phenoxy) is 1. The van der Waals surface area contributed by atoms with Gasteiger partial charge >= 0.3 is 5.97 Å². The zero-order valence-corrected chi connectivity index (χ0v) is 13.4. The molecule has 1 aliphatic carbocycles. The molecular formula is C13H19BrN4O3. The van der Waals surface area contributed by atoms with Crippen LogP contribution >= 0.6 is 15.9 Å². The molecule has 0 amide bonds. The summed E-state index contributed by atoms with van der Waals surface area (Å²) in [7, 11) is 1.27. The van der Waals surface area contributed by atoms with Crippen molar-refractivity contribution in [2.75, 3.05) is 19.0 Å². The molecular weight excluding hydrogens is 340 g/mol. The number of nitrogens with zero attached hydrogens (tertiary/aromatic N) is 2. The average molecular weight is 359 g/mol. The maximum Gasteiger partial charge on any atom is 0.327 e. The van der Waals surface area contributed by atoms with Gasteiger partial charge in [-0.15, -0.1) is 0 Å². The number of hydrogen-bond donors (Lipinski definition) is 2. The molecule has 0 spiro atoms. The van der Waals surface area contributed by atoms with Gasteiger partial charge in [0.1, 0.15) is 11.0 Å². The number of carbonyl (C=O) groups is 1. The standard InChI is InChI=1S/C13H19BrN4O3/c1-21-11(19)7-18-13(20)12(14)10(6-16-18)17-9-4-2-3-8(9)5-15/h6,8-9,17H,2-5,7,15H2,1H3. The molecule has 7 nitrogen and oxygen atoms in total. The van der Waals surface area contributed by atoms with Gasteiger partial charge in [-0.3, -0.25) is 9.59 Å². The average Bonchev–Trinajstić information content (AvgIpc) is 2.94. The minimum absolute atomic E-state index is 0.205. The molecule has 2 rings (SSSR count). The second-order valence-corrected chi connectivity index (χ2v) is 5.88. The summed E-state index contributed by atoms with van der Waals surface area (Å²) < 4.78 is 5.96. The first kappa shape index (κ1) is 16.0. The number of anilines is 1. The summed E-state index contributed by atoms with van der Waals surface area (Å²) in [5, 5.41) is 7.33. The Hall–Kier alpha value is -1.41. The van der Waals surface area contributed by atoms with Gasteiger partial charge in [0.05, 0.1) is 19.0 Å². The summed E-state index contributed by atoms with van der Waals surface area (Å²) in [4.78, 5) is 23.4. The van der Waals surface area contributed by atoms with Crippen molar-refractivity contribution in [1.82, 2.24) is 9.78 Å². The van der Waals surface area contributed by atoms with E-state index in [0.717, 1.165) is 23.9 Å². The molecule has 0 aromatic carbocycles. The van der Waals surface area contributed by atoms with Gasteiger partial charge in [0.25, 0.3) is 5.56 Å². The molecule has 8 heteroatoms. The molecule has 0 aliphatic heterocycles. The molecule has 21 heavy (non-hydrogen) atoms. The maximum absolute atomic E-state index is 12.1. The van der Waals surface area contributed by atoms with Crippen LogP contribution in [0.4, 0.5) is 5.69 Å². The predicted molar refractivity (Wildman–Crippen MR) is 82.0 cm³/mol. The van der Waals surface area contributed by atoms with E-state index in [-0.39, 0.29) is 18.1 Å². The predicted octanol–water partition coefficient (Wildman–Crippen LogP) is 0.718. The van der Waals surface area contributed by atoms with E-state index >= 15 is 0 Å². The van der Waals surface area contributed by atoms with Crippen LogP contribution in [0, 0.1) is 5.92 Å². The van der Waals surface area contributed by atoms with Crippen LogP contribution in [-0.4, -0.2) is 35.4 Å². The number of rotatable bonds is 5. The van der Waals surface area contributed by atoms with Crippen LogP contribution in [0.3, 0.4) is 0 Å². The van der Waals surface area contributed by atoms with Gasteiger partial charge in [-0.1, -0.05) is 6.42 Å². The lowest BCUT2D eigenvalue weighted by Crippen LogP contribution is -2.32. The molecule has 2 atom stereocenters. The molecule has 1 aromatic heterocycles. The molecule has 1 aromatic rings. The molecule has 3 N–H and O–H groups in total. The van der Waals surface area contributed by atoms with Crippen molar-refractivity contribution >= 4 is 27.6 Å². The summed E-state index contributed by atoms with van der Waals surface area (Å²) in [5.74, 6) is -0.106. The second kappa shape index (κ2) is 7.04. The number of hydrogen-bond acceptors (Lipinski definition) is 6. The van der Waals surface area contributed by atoms with Crippen molar-refractivity contribution in [3.05, 3.63) is 21.0 Å². The van der Waals surface area contributed by atoms with Gasteiger partial charge in [0.2, 0.25) is 0 Å². The van der Waals surface area contributed by atoms with Crippen LogP contribution in [0.25, 0.3) is 0 Å². The van der Waals surface area contributed by atoms with Crippen LogP contribution in [0.2, 0.25) is 0 Å². The minimum Gasteiger partial charge on any atom is -0.468 e. The molecule has 1 aliphatic rings. The second-order valence-electron chi connectivity index (χ2n) is 5.09. The van der Waals surface area contributed by atoms with Crippen molar-refractivity contribution in [1.29, 1.82) is 0 Å². The van der Waals surface area contributed by atoms with Gasteiger partial charge in [-0.25, -0.2) is 4.68 Å². The van der Waals surface area contributed by atoms with E-state index < -0.39 is 5.97 Å². The van der Waals surface area contributed by atoms with Gasteiger partial charge < -0.3 is 15.8 Å². The first-order valence-corrected chi connectivity index (χ1v) is 7.65. The molecule has 1 saturated carbocycles. The quantitative estimate of drug-likeness (QED) is 0.752. The zero-order valence-electron chi connectivity index (χ0n) is 11.8. The van der Waals surface area contributed by atoms with Crippen LogP contribution in [0.1, 0.15) is 19.3 Å². The zero-order chi connectivity index (χ0) is 15.4. The monoisotopic (exact) mass is 358 g/mol. The van der Waals surface area contributed by atoms with Crippen LogP contribution in [0.5, 0.6) is 0 Å². The van der Waals surface area contributed by atoms with Crippen LogP contribution in [0.15, 0.2) is 15.5 Å². The summed E-state index contributed by atoms with van der Waals surface area (Å²) >= 11 is 3.27. The van der Waals surface area contributed by atoms with Crippen molar-refractivity contribution in [2.24, 2.45) is 11.7 Å². The Labute approximate surface area is 131 Å². The molecule has 0 saturated heterocycles. The molecule has 0 radical (unpaired) electrons. The highest BCUT2D eigenvalue weighted by Gasteiger charge is 2.26. The summed E-state index contributed by atoms with van der Waals surface area (Å²) in [6.45, 7) is 0.422. The van der Waals surface area contributed by atoms with E-state index in [2.05, 4.69) is 31.1 Å². The third-order valence-corrected chi connectivity index (χ3v) is 4.56. The van der Waals surface area contributed by atoms with Crippen molar-refractivity contribution < 1.29 is 9.53 Å². The van der Waals surface area contributed by atoms with Crippen LogP contribution in [-0.2, 0) is 16.1 Å². The normalized spacial score (nSPS) is 21.3. The Morgan fingerprint density at radius 1 is 1.62 bits per heavy atom. The Morgan fingerprint density at radius 3 is 3.05 bits per heavy atom. The van der Waals surface area contributed by atoms with E-state index in [4.69, 9.17) is 5.73 Å². The van der Waals surface area contributed by atoms with E-state index in [1.54, 1.807) is 6.20 Å². The van der Waals surface area contributed by atoms with Crippen LogP contribution < -0.4 is 16.6 Å². The number of methoxy groups -OCH3 is 1. The lowest BCUT2D eigenvalue weighted by atomic mass is 10.0. The Balaban J connectivity index is 2.17. The Kier molecular flexibility index (Phi) is 5.35. The summed E-state index contributed by atoms with van der Waals surface area (Å²) in [6.07, 6.45) is 4.79. The van der Waals surface area contributed by atoms with Gasteiger partial charge in [0, 0.05) is 6.04 Å². The topological polar surface area (TPSA) is 99.2 Å². The number of nitrogens with two attached hydrogens (primary N) is 1. The molecule has 0 bridgehead atoms. The minimum atomic E-state index is -0.517. The smallest absolute Gasteiger partial charge is 0.327 e. The third-order valence-electron chi connectivity index (χ3n) is 3.79. The molecule has 116 valence electrons. The van der Waals surface area contributed by atoms with Crippen molar-refractivity contribution in [2.45, 2.75) is 31.8 Å². The van der Waals surface area contributed by atoms with E-state index in [9.17, 15) is 9.59 Å². The molecule has 2 unspecified atom stereocenters. The lowest BCUT2D eigenvalue weighted by molar-refractivity contribution is -0.141. The highest BCUT2D eigenvalue weighted by atomic mass is 79.9. The first-order chi connectivity index (χ1) is 10.1. The summed E-state index contributed by atoms with van der Waals surface area (Å²) in [6, 6.07) is 0.254. The molecule has 1 fully saturated rings. The van der Waals surface area contributed by atoms with Crippen molar-refractivity contribution in [3.63, 3.8) is 0 Å². The van der Waals surface area contributed by atoms with E-state index in [0.29, 0.717) is 22.6 Å². The molecule has 1 heterocycles. The van der Waals surface area contributed by atoms with E-state index in [1.165, 1.54) is 7.11 Å². The van der Waals surface area contributed by atoms with Gasteiger partial charge in [0.15, 0.2) is 0 Å². The number of nitrogens with one attached hydrogen (secondary N) is 1. The highest BCUT2D eigenvalue weighted by molar-refractivity contribution is 9.10. The SMILES string of the molecule is COC(=O)Cn1ncc(NC2CCCC2CN)c(Br)c1=O. The number of carbonyl (C=O) groups excluding carboxylic acids is 1. The number of halogens is 1. The first-order valence-electron chi connectivity index (χ1n) is 6.85. The fourth-order valence-electron chi connectivity index (χ4n) is 2.57. The lowest BCUT2D eigenvalue weighted by Gasteiger charge is -2.21. The highest BCUT2D eigenvalue weighted by Crippen LogP contribution is 2.29. The van der Waals surface area contributed by atoms with Gasteiger partial charge in [-0.2, -0.15) is 5.10 Å². The van der Waals surface area contributed by atoms with E-state index in [1.807, 2.05) is 0 Å². The Bertz CT molecular complexity index is 575. The number of esters is 1. The van der Waals surface area contributed by atoms with Crippen molar-refractivity contribution in [3.8, 4) is 0 Å². The van der Waals surface area contributed by atoms with Gasteiger partial charge in [-0.05, 0) is 41.2 Å². The Morgan fingerprint density at radius 2 is 2.38 bits per heavy atom. The maximum atomic E-state index is 12.1. The fraction of sp³-hybridized carbons (Fsp3) is 0.615.